The van der Waals surface area contributed by atoms with Crippen LogP contribution in [0.25, 0.3) is 65.4 Å². The van der Waals surface area contributed by atoms with Crippen LogP contribution in [0.15, 0.2) is 183 Å². The van der Waals surface area contributed by atoms with E-state index in [1.807, 2.05) is 48.5 Å². The van der Waals surface area contributed by atoms with Crippen LogP contribution in [0.2, 0.25) is 0 Å². The second-order valence-electron chi connectivity index (χ2n) is 12.5. The van der Waals surface area contributed by atoms with Crippen molar-refractivity contribution in [2.24, 2.45) is 15.0 Å². The molecule has 0 aliphatic rings. The zero-order chi connectivity index (χ0) is 33.4. The van der Waals surface area contributed by atoms with Crippen molar-refractivity contribution in [1.29, 1.82) is 0 Å². The molecule has 236 valence electrons. The standard InChI is InChI=1S/C46H31N3O/c1-47-46(49-45(48-29-30-12-3-2-4-13-30)35-23-22-31-14-5-6-15-32(31)26-35)39-20-11-21-43-44(39)41-28-34(24-25-42(41)50-43)40-27-33-16-7-8-17-36(33)37-18-9-10-19-38(37)40/h2-28H,1,29H2. The molecule has 0 amide bonds. The SMILES string of the molecule is C=NC(=NC(=NCc1ccccc1)c1ccc2ccccc2c1)c1cccc2oc3ccc(-c4cc5ccccc5c5ccccc45)cc3c12. The number of furan rings is 1. The van der Waals surface area contributed by atoms with Crippen molar-refractivity contribution in [2.45, 2.75) is 6.54 Å². The molecule has 1 aromatic heterocycles. The fourth-order valence-electron chi connectivity index (χ4n) is 7.02. The van der Waals surface area contributed by atoms with E-state index in [-0.39, 0.29) is 0 Å². The average Bonchev–Trinajstić information content (AvgIpc) is 3.56. The fourth-order valence-corrected chi connectivity index (χ4v) is 7.02. The zero-order valence-corrected chi connectivity index (χ0v) is 27.3. The van der Waals surface area contributed by atoms with Gasteiger partial charge in [-0.2, -0.15) is 0 Å². The van der Waals surface area contributed by atoms with Crippen molar-refractivity contribution in [3.8, 4) is 11.1 Å². The van der Waals surface area contributed by atoms with E-state index in [4.69, 9.17) is 14.4 Å². The lowest BCUT2D eigenvalue weighted by molar-refractivity contribution is 0.669. The maximum Gasteiger partial charge on any atom is 0.161 e. The first kappa shape index (κ1) is 29.5. The third kappa shape index (κ3) is 5.24. The van der Waals surface area contributed by atoms with Gasteiger partial charge in [0.05, 0.1) is 6.54 Å². The molecule has 0 spiro atoms. The van der Waals surface area contributed by atoms with Gasteiger partial charge in [-0.25, -0.2) is 9.98 Å². The van der Waals surface area contributed by atoms with Gasteiger partial charge in [0.1, 0.15) is 11.2 Å². The van der Waals surface area contributed by atoms with Crippen molar-refractivity contribution in [1.82, 2.24) is 0 Å². The van der Waals surface area contributed by atoms with Crippen LogP contribution in [-0.2, 0) is 6.54 Å². The fraction of sp³-hybridized carbons (Fsp3) is 0.0217. The molecule has 8 aromatic carbocycles. The van der Waals surface area contributed by atoms with E-state index in [1.54, 1.807) is 0 Å². The zero-order valence-electron chi connectivity index (χ0n) is 27.3. The first-order valence-electron chi connectivity index (χ1n) is 16.7. The maximum atomic E-state index is 6.43. The lowest BCUT2D eigenvalue weighted by atomic mass is 9.92. The molecule has 9 rings (SSSR count). The van der Waals surface area contributed by atoms with Gasteiger partial charge in [0.15, 0.2) is 11.7 Å². The normalized spacial score (nSPS) is 12.4. The smallest absolute Gasteiger partial charge is 0.161 e. The summed E-state index contributed by atoms with van der Waals surface area (Å²) in [6.45, 7) is 4.47. The third-order valence-corrected chi connectivity index (χ3v) is 9.44. The molecule has 50 heavy (non-hydrogen) atoms. The van der Waals surface area contributed by atoms with Crippen LogP contribution < -0.4 is 0 Å². The maximum absolute atomic E-state index is 6.43. The molecule has 0 atom stereocenters. The molecule has 4 heteroatoms. The van der Waals surface area contributed by atoms with E-state index in [2.05, 4.69) is 127 Å². The van der Waals surface area contributed by atoms with E-state index >= 15 is 0 Å². The number of aliphatic imine (C=N–C) groups is 3. The predicted octanol–water partition coefficient (Wildman–Crippen LogP) is 11.8. The topological polar surface area (TPSA) is 50.2 Å². The Morgan fingerprint density at radius 2 is 1.26 bits per heavy atom. The van der Waals surface area contributed by atoms with E-state index in [0.29, 0.717) is 18.2 Å². The summed E-state index contributed by atoms with van der Waals surface area (Å²) in [7, 11) is 0. The molecule has 0 fully saturated rings. The number of amidine groups is 2. The van der Waals surface area contributed by atoms with Gasteiger partial charge in [-0.3, -0.25) is 4.99 Å². The number of nitrogens with zero attached hydrogens (tertiary/aromatic N) is 3. The van der Waals surface area contributed by atoms with E-state index in [1.165, 1.54) is 27.1 Å². The monoisotopic (exact) mass is 641 g/mol. The summed E-state index contributed by atoms with van der Waals surface area (Å²) < 4.78 is 6.43. The van der Waals surface area contributed by atoms with Crippen molar-refractivity contribution in [2.75, 3.05) is 0 Å². The number of fused-ring (bicyclic) bond motifs is 7. The highest BCUT2D eigenvalue weighted by atomic mass is 16.3. The van der Waals surface area contributed by atoms with Crippen LogP contribution in [0.5, 0.6) is 0 Å². The van der Waals surface area contributed by atoms with Gasteiger partial charge in [-0.05, 0) is 86.1 Å². The van der Waals surface area contributed by atoms with Gasteiger partial charge in [0.25, 0.3) is 0 Å². The van der Waals surface area contributed by atoms with Crippen molar-refractivity contribution in [3.05, 3.63) is 180 Å². The highest BCUT2D eigenvalue weighted by molar-refractivity contribution is 6.23. The minimum atomic E-state index is 0.485. The number of rotatable bonds is 5. The van der Waals surface area contributed by atoms with Gasteiger partial charge in [-0.15, -0.1) is 0 Å². The van der Waals surface area contributed by atoms with Crippen LogP contribution >= 0.6 is 0 Å². The Hall–Kier alpha value is -6.65. The summed E-state index contributed by atoms with van der Waals surface area (Å²) in [6.07, 6.45) is 0. The van der Waals surface area contributed by atoms with Gasteiger partial charge in [0.2, 0.25) is 0 Å². The quantitative estimate of drug-likeness (QED) is 0.105. The summed E-state index contributed by atoms with van der Waals surface area (Å²) >= 11 is 0. The molecular formula is C46H31N3O. The minimum Gasteiger partial charge on any atom is -0.456 e. The molecule has 9 aromatic rings. The Labute approximate surface area is 289 Å². The van der Waals surface area contributed by atoms with Gasteiger partial charge < -0.3 is 4.42 Å². The molecule has 0 saturated carbocycles. The Morgan fingerprint density at radius 1 is 0.520 bits per heavy atom. The third-order valence-electron chi connectivity index (χ3n) is 9.44. The minimum absolute atomic E-state index is 0.485. The molecule has 0 aliphatic carbocycles. The molecule has 0 N–H and O–H groups in total. The van der Waals surface area contributed by atoms with Crippen molar-refractivity contribution in [3.63, 3.8) is 0 Å². The lowest BCUT2D eigenvalue weighted by Gasteiger charge is -2.11. The van der Waals surface area contributed by atoms with Crippen molar-refractivity contribution < 1.29 is 4.42 Å². The van der Waals surface area contributed by atoms with Gasteiger partial charge in [0, 0.05) is 21.9 Å². The molecule has 0 bridgehead atoms. The van der Waals surface area contributed by atoms with E-state index in [9.17, 15) is 0 Å². The average molecular weight is 642 g/mol. The Kier molecular flexibility index (Phi) is 7.33. The highest BCUT2D eigenvalue weighted by Gasteiger charge is 2.18. The van der Waals surface area contributed by atoms with Gasteiger partial charge >= 0.3 is 0 Å². The molecule has 1 heterocycles. The second-order valence-corrected chi connectivity index (χ2v) is 12.5. The predicted molar refractivity (Wildman–Crippen MR) is 211 cm³/mol. The first-order valence-corrected chi connectivity index (χ1v) is 16.7. The van der Waals surface area contributed by atoms with Crippen molar-refractivity contribution >= 4 is 72.6 Å². The van der Waals surface area contributed by atoms with Crippen LogP contribution in [0.3, 0.4) is 0 Å². The molecule has 0 aliphatic heterocycles. The van der Waals surface area contributed by atoms with Crippen LogP contribution in [-0.4, -0.2) is 18.4 Å². The van der Waals surface area contributed by atoms with Crippen LogP contribution in [0.1, 0.15) is 16.7 Å². The van der Waals surface area contributed by atoms with Crippen LogP contribution in [0, 0.1) is 0 Å². The Morgan fingerprint density at radius 3 is 2.10 bits per heavy atom. The van der Waals surface area contributed by atoms with Crippen LogP contribution in [0.4, 0.5) is 0 Å². The summed E-state index contributed by atoms with van der Waals surface area (Å²) in [5.41, 5.74) is 6.71. The summed E-state index contributed by atoms with van der Waals surface area (Å²) in [4.78, 5) is 14.7. The summed E-state index contributed by atoms with van der Waals surface area (Å²) in [6, 6.07) is 56.8. The molecule has 0 saturated heterocycles. The molecule has 4 nitrogen and oxygen atoms in total. The summed E-state index contributed by atoms with van der Waals surface area (Å²) in [5, 5.41) is 9.13. The second kappa shape index (κ2) is 12.4. The molecular weight excluding hydrogens is 611 g/mol. The Balaban J connectivity index is 1.22. The van der Waals surface area contributed by atoms with E-state index in [0.717, 1.165) is 55.0 Å². The van der Waals surface area contributed by atoms with E-state index < -0.39 is 0 Å². The lowest BCUT2D eigenvalue weighted by Crippen LogP contribution is -2.06. The number of hydrogen-bond donors (Lipinski definition) is 0. The first-order chi connectivity index (χ1) is 24.7. The number of hydrogen-bond acceptors (Lipinski definition) is 2. The Bertz CT molecular complexity index is 2810. The van der Waals surface area contributed by atoms with Gasteiger partial charge in [-0.1, -0.05) is 133 Å². The summed E-state index contributed by atoms with van der Waals surface area (Å²) in [5.74, 6) is 1.08. The molecule has 0 unspecified atom stereocenters. The number of benzene rings is 8. The molecule has 0 radical (unpaired) electrons. The largest absolute Gasteiger partial charge is 0.456 e. The highest BCUT2D eigenvalue weighted by Crippen LogP contribution is 2.39.